The molecule has 100 valence electrons. The van der Waals surface area contributed by atoms with E-state index in [0.29, 0.717) is 19.1 Å². The minimum Gasteiger partial charge on any atom is -0.381 e. The molecule has 0 aromatic heterocycles. The molecule has 0 aliphatic carbocycles. The molecule has 1 fully saturated rings. The molecule has 0 amide bonds. The summed E-state index contributed by atoms with van der Waals surface area (Å²) in [7, 11) is 0. The lowest BCUT2D eigenvalue weighted by Crippen LogP contribution is -2.20. The molecule has 1 aliphatic rings. The van der Waals surface area contributed by atoms with Crippen LogP contribution in [-0.4, -0.2) is 19.8 Å². The number of rotatable bonds is 5. The number of ether oxygens (including phenoxy) is 2. The summed E-state index contributed by atoms with van der Waals surface area (Å²) < 4.78 is 24.2. The summed E-state index contributed by atoms with van der Waals surface area (Å²) in [4.78, 5) is 0. The first-order valence-electron chi connectivity index (χ1n) is 6.42. The minimum atomic E-state index is -0.248. The molecule has 1 aliphatic heterocycles. The van der Waals surface area contributed by atoms with E-state index >= 15 is 0 Å². The van der Waals surface area contributed by atoms with Crippen LogP contribution in [0.3, 0.4) is 0 Å². The molecule has 0 saturated carbocycles. The quantitative estimate of drug-likeness (QED) is 0.875. The molecule has 0 bridgehead atoms. The summed E-state index contributed by atoms with van der Waals surface area (Å²) in [6, 6.07) is 4.86. The van der Waals surface area contributed by atoms with Crippen molar-refractivity contribution in [3.05, 3.63) is 35.1 Å². The Morgan fingerprint density at radius 1 is 1.22 bits per heavy atom. The van der Waals surface area contributed by atoms with Crippen LogP contribution in [0, 0.1) is 11.7 Å². The molecule has 0 atom stereocenters. The second kappa shape index (κ2) is 6.83. The van der Waals surface area contributed by atoms with Gasteiger partial charge in [0.2, 0.25) is 0 Å². The molecular weight excluding hydrogens is 233 g/mol. The predicted octanol–water partition coefficient (Wildman–Crippen LogP) is 2.23. The zero-order valence-electron chi connectivity index (χ0n) is 10.5. The van der Waals surface area contributed by atoms with Crippen LogP contribution < -0.4 is 5.73 Å². The van der Waals surface area contributed by atoms with Crippen LogP contribution in [0.15, 0.2) is 18.2 Å². The van der Waals surface area contributed by atoms with Crippen molar-refractivity contribution in [3.8, 4) is 0 Å². The highest BCUT2D eigenvalue weighted by Crippen LogP contribution is 2.16. The van der Waals surface area contributed by atoms with E-state index in [1.165, 1.54) is 12.1 Å². The van der Waals surface area contributed by atoms with E-state index in [4.69, 9.17) is 15.2 Å². The van der Waals surface area contributed by atoms with Gasteiger partial charge >= 0.3 is 0 Å². The first-order chi connectivity index (χ1) is 8.78. The van der Waals surface area contributed by atoms with Crippen LogP contribution in [0.1, 0.15) is 24.0 Å². The fraction of sp³-hybridized carbons (Fsp3) is 0.571. The van der Waals surface area contributed by atoms with Crippen molar-refractivity contribution in [2.75, 3.05) is 19.8 Å². The molecule has 1 aromatic carbocycles. The summed E-state index contributed by atoms with van der Waals surface area (Å²) in [5.41, 5.74) is 7.17. The summed E-state index contributed by atoms with van der Waals surface area (Å²) >= 11 is 0. The van der Waals surface area contributed by atoms with E-state index in [0.717, 1.165) is 43.8 Å². The third kappa shape index (κ3) is 4.05. The molecule has 3 nitrogen and oxygen atoms in total. The van der Waals surface area contributed by atoms with Crippen LogP contribution in [0.4, 0.5) is 4.39 Å². The Morgan fingerprint density at radius 2 is 1.94 bits per heavy atom. The number of benzene rings is 1. The van der Waals surface area contributed by atoms with Crippen LogP contribution in [0.5, 0.6) is 0 Å². The normalized spacial score (nSPS) is 17.0. The van der Waals surface area contributed by atoms with Crippen LogP contribution in [0.2, 0.25) is 0 Å². The van der Waals surface area contributed by atoms with Gasteiger partial charge < -0.3 is 15.2 Å². The molecule has 1 aromatic rings. The van der Waals surface area contributed by atoms with Gasteiger partial charge in [-0.05, 0) is 42.0 Å². The Kier molecular flexibility index (Phi) is 5.11. The molecule has 0 spiro atoms. The van der Waals surface area contributed by atoms with Gasteiger partial charge in [-0.1, -0.05) is 6.07 Å². The van der Waals surface area contributed by atoms with E-state index in [9.17, 15) is 4.39 Å². The van der Waals surface area contributed by atoms with Gasteiger partial charge in [0.1, 0.15) is 5.82 Å². The fourth-order valence-electron chi connectivity index (χ4n) is 2.18. The van der Waals surface area contributed by atoms with Crippen molar-refractivity contribution in [1.29, 1.82) is 0 Å². The lowest BCUT2D eigenvalue weighted by molar-refractivity contribution is 0.0157. The van der Waals surface area contributed by atoms with Crippen molar-refractivity contribution >= 4 is 0 Å². The molecule has 2 N–H and O–H groups in total. The van der Waals surface area contributed by atoms with Gasteiger partial charge in [-0.25, -0.2) is 4.39 Å². The number of nitrogens with two attached hydrogens (primary N) is 1. The Hall–Kier alpha value is -0.970. The average Bonchev–Trinajstić information content (AvgIpc) is 2.39. The third-order valence-electron chi connectivity index (χ3n) is 3.22. The monoisotopic (exact) mass is 253 g/mol. The molecule has 18 heavy (non-hydrogen) atoms. The van der Waals surface area contributed by atoms with Crippen molar-refractivity contribution in [1.82, 2.24) is 0 Å². The maximum atomic E-state index is 13.3. The fourth-order valence-corrected chi connectivity index (χ4v) is 2.18. The summed E-state index contributed by atoms with van der Waals surface area (Å²) in [6.07, 6.45) is 2.11. The van der Waals surface area contributed by atoms with Gasteiger partial charge in [-0.2, -0.15) is 0 Å². The third-order valence-corrected chi connectivity index (χ3v) is 3.22. The van der Waals surface area contributed by atoms with Gasteiger partial charge in [-0.15, -0.1) is 0 Å². The van der Waals surface area contributed by atoms with Gasteiger partial charge in [0.05, 0.1) is 13.2 Å². The lowest BCUT2D eigenvalue weighted by atomic mass is 10.0. The predicted molar refractivity (Wildman–Crippen MR) is 67.5 cm³/mol. The second-order valence-corrected chi connectivity index (χ2v) is 4.74. The van der Waals surface area contributed by atoms with E-state index in [1.54, 1.807) is 0 Å². The van der Waals surface area contributed by atoms with Crippen LogP contribution in [0.25, 0.3) is 0 Å². The number of halogens is 1. The maximum Gasteiger partial charge on any atom is 0.123 e. The maximum absolute atomic E-state index is 13.3. The molecular formula is C14H20FNO2. The van der Waals surface area contributed by atoms with Crippen molar-refractivity contribution in [3.63, 3.8) is 0 Å². The Labute approximate surface area is 107 Å². The summed E-state index contributed by atoms with van der Waals surface area (Å²) in [6.45, 7) is 3.17. The van der Waals surface area contributed by atoms with Gasteiger partial charge in [0.25, 0.3) is 0 Å². The van der Waals surface area contributed by atoms with Crippen LogP contribution >= 0.6 is 0 Å². The Bertz CT molecular complexity index is 378. The van der Waals surface area contributed by atoms with E-state index < -0.39 is 0 Å². The first-order valence-corrected chi connectivity index (χ1v) is 6.42. The smallest absolute Gasteiger partial charge is 0.123 e. The molecule has 1 saturated heterocycles. The minimum absolute atomic E-state index is 0.248. The lowest BCUT2D eigenvalue weighted by Gasteiger charge is -2.21. The molecule has 4 heteroatoms. The Balaban J connectivity index is 1.80. The second-order valence-electron chi connectivity index (χ2n) is 4.74. The standard InChI is InChI=1S/C14H20FNO2/c15-14-6-12(8-16)5-13(7-14)10-18-9-11-1-3-17-4-2-11/h5-7,11H,1-4,8-10,16H2. The van der Waals surface area contributed by atoms with Crippen molar-refractivity contribution < 1.29 is 13.9 Å². The Morgan fingerprint density at radius 3 is 2.67 bits per heavy atom. The summed E-state index contributed by atoms with van der Waals surface area (Å²) in [5.74, 6) is 0.323. The zero-order valence-corrected chi connectivity index (χ0v) is 10.5. The van der Waals surface area contributed by atoms with Gasteiger partial charge in [0, 0.05) is 19.8 Å². The SMILES string of the molecule is NCc1cc(F)cc(COCC2CCOCC2)c1. The molecule has 0 radical (unpaired) electrons. The highest BCUT2D eigenvalue weighted by molar-refractivity contribution is 5.24. The topological polar surface area (TPSA) is 44.5 Å². The highest BCUT2D eigenvalue weighted by Gasteiger charge is 2.13. The first kappa shape index (κ1) is 13.5. The van der Waals surface area contributed by atoms with Gasteiger partial charge in [-0.3, -0.25) is 0 Å². The van der Waals surface area contributed by atoms with Crippen molar-refractivity contribution in [2.45, 2.75) is 26.0 Å². The zero-order chi connectivity index (χ0) is 12.8. The van der Waals surface area contributed by atoms with E-state index in [-0.39, 0.29) is 5.82 Å². The van der Waals surface area contributed by atoms with E-state index in [1.807, 2.05) is 6.07 Å². The van der Waals surface area contributed by atoms with E-state index in [2.05, 4.69) is 0 Å². The summed E-state index contributed by atoms with van der Waals surface area (Å²) in [5, 5.41) is 0. The molecule has 2 rings (SSSR count). The average molecular weight is 253 g/mol. The number of hydrogen-bond donors (Lipinski definition) is 1. The molecule has 1 heterocycles. The largest absolute Gasteiger partial charge is 0.381 e. The van der Waals surface area contributed by atoms with Crippen LogP contribution in [-0.2, 0) is 22.6 Å². The van der Waals surface area contributed by atoms with Gasteiger partial charge in [0.15, 0.2) is 0 Å². The number of hydrogen-bond acceptors (Lipinski definition) is 3. The molecule has 0 unspecified atom stereocenters. The van der Waals surface area contributed by atoms with Crippen molar-refractivity contribution in [2.24, 2.45) is 11.7 Å². The highest BCUT2D eigenvalue weighted by atomic mass is 19.1.